The molecule has 3 atom stereocenters. The second-order valence-electron chi connectivity index (χ2n) is 5.04. The molecule has 1 saturated carbocycles. The predicted molar refractivity (Wildman–Crippen MR) is 63.1 cm³/mol. The average Bonchev–Trinajstić information content (AvgIpc) is 2.78. The Morgan fingerprint density at radius 2 is 2.19 bits per heavy atom. The van der Waals surface area contributed by atoms with E-state index in [9.17, 15) is 0 Å². The lowest BCUT2D eigenvalue weighted by molar-refractivity contribution is -0.145. The van der Waals surface area contributed by atoms with E-state index < -0.39 is 0 Å². The maximum Gasteiger partial charge on any atom is 0.147 e. The Balaban J connectivity index is 1.79. The largest absolute Gasteiger partial charge is 0.355 e. The smallest absolute Gasteiger partial charge is 0.147 e. The molecule has 1 saturated heterocycles. The van der Waals surface area contributed by atoms with Crippen molar-refractivity contribution < 1.29 is 9.47 Å². The van der Waals surface area contributed by atoms with Crippen LogP contribution in [0.5, 0.6) is 0 Å². The molecule has 0 aromatic rings. The molecule has 0 spiro atoms. The minimum Gasteiger partial charge on any atom is -0.355 e. The summed E-state index contributed by atoms with van der Waals surface area (Å²) < 4.78 is 10.8. The van der Waals surface area contributed by atoms with Crippen molar-refractivity contribution in [1.29, 1.82) is 0 Å². The van der Waals surface area contributed by atoms with Gasteiger partial charge in [-0.3, -0.25) is 0 Å². The predicted octanol–water partition coefficient (Wildman–Crippen LogP) is 0.809. The highest BCUT2D eigenvalue weighted by molar-refractivity contribution is 4.85. The molecule has 16 heavy (non-hydrogen) atoms. The lowest BCUT2D eigenvalue weighted by atomic mass is 10.0. The summed E-state index contributed by atoms with van der Waals surface area (Å²) >= 11 is 0. The van der Waals surface area contributed by atoms with E-state index >= 15 is 0 Å². The van der Waals surface area contributed by atoms with Crippen LogP contribution in [-0.2, 0) is 9.47 Å². The summed E-state index contributed by atoms with van der Waals surface area (Å²) in [5.74, 6) is 0.685. The maximum atomic E-state index is 5.82. The maximum absolute atomic E-state index is 5.82. The molecule has 3 unspecified atom stereocenters. The van der Waals surface area contributed by atoms with Crippen molar-refractivity contribution in [2.45, 2.75) is 37.8 Å². The first-order chi connectivity index (χ1) is 7.81. The molecule has 1 aliphatic carbocycles. The second-order valence-corrected chi connectivity index (χ2v) is 5.04. The fraction of sp³-hybridized carbons (Fsp3) is 1.00. The molecule has 1 heterocycles. The molecule has 4 nitrogen and oxygen atoms in total. The highest BCUT2D eigenvalue weighted by Crippen LogP contribution is 2.28. The Kier molecular flexibility index (Phi) is 4.58. The van der Waals surface area contributed by atoms with Gasteiger partial charge in [0.05, 0.1) is 12.7 Å². The summed E-state index contributed by atoms with van der Waals surface area (Å²) in [5, 5.41) is 0. The van der Waals surface area contributed by atoms with Gasteiger partial charge in [0.1, 0.15) is 6.79 Å². The molecule has 94 valence electrons. The topological polar surface area (TPSA) is 47.7 Å². The third-order valence-electron chi connectivity index (χ3n) is 3.95. The van der Waals surface area contributed by atoms with Crippen LogP contribution in [0.3, 0.4) is 0 Å². The zero-order valence-corrected chi connectivity index (χ0v) is 10.2. The molecule has 4 heteroatoms. The summed E-state index contributed by atoms with van der Waals surface area (Å²) in [6, 6.07) is 0.663. The molecular weight excluding hydrogens is 204 g/mol. The first-order valence-corrected chi connectivity index (χ1v) is 6.41. The monoisotopic (exact) mass is 228 g/mol. The first-order valence-electron chi connectivity index (χ1n) is 6.41. The van der Waals surface area contributed by atoms with Crippen LogP contribution in [0.25, 0.3) is 0 Å². The van der Waals surface area contributed by atoms with E-state index in [0.717, 1.165) is 26.1 Å². The number of hydrogen-bond acceptors (Lipinski definition) is 4. The Morgan fingerprint density at radius 1 is 1.31 bits per heavy atom. The van der Waals surface area contributed by atoms with Crippen LogP contribution in [0.1, 0.15) is 25.7 Å². The van der Waals surface area contributed by atoms with Crippen molar-refractivity contribution in [2.24, 2.45) is 11.7 Å². The van der Waals surface area contributed by atoms with Crippen LogP contribution in [0.15, 0.2) is 0 Å². The summed E-state index contributed by atoms with van der Waals surface area (Å²) in [6.07, 6.45) is 5.27. The van der Waals surface area contributed by atoms with E-state index in [1.165, 1.54) is 19.3 Å². The molecule has 0 aromatic heterocycles. The summed E-state index contributed by atoms with van der Waals surface area (Å²) in [6.45, 7) is 3.14. The van der Waals surface area contributed by atoms with Gasteiger partial charge in [0.15, 0.2) is 0 Å². The van der Waals surface area contributed by atoms with E-state index in [4.69, 9.17) is 15.2 Å². The average molecular weight is 228 g/mol. The molecule has 1 aliphatic heterocycles. The van der Waals surface area contributed by atoms with Gasteiger partial charge in [-0.15, -0.1) is 0 Å². The molecule has 0 aromatic carbocycles. The van der Waals surface area contributed by atoms with Crippen LogP contribution in [0, 0.1) is 5.92 Å². The van der Waals surface area contributed by atoms with Crippen molar-refractivity contribution in [1.82, 2.24) is 4.90 Å². The van der Waals surface area contributed by atoms with Gasteiger partial charge in [-0.1, -0.05) is 6.42 Å². The summed E-state index contributed by atoms with van der Waals surface area (Å²) in [7, 11) is 2.21. The SMILES string of the molecule is CN(CC1CCOCO1)C1CCCC1CN. The molecule has 0 bridgehead atoms. The third kappa shape index (κ3) is 2.94. The standard InChI is InChI=1S/C12H24N2O2/c1-14(8-11-5-6-15-9-16-11)12-4-2-3-10(12)7-13/h10-12H,2-9,13H2,1H3. The number of nitrogens with zero attached hydrogens (tertiary/aromatic N) is 1. The quantitative estimate of drug-likeness (QED) is 0.773. The van der Waals surface area contributed by atoms with Crippen LogP contribution in [-0.4, -0.2) is 50.6 Å². The van der Waals surface area contributed by atoms with E-state index in [2.05, 4.69) is 11.9 Å². The minimum atomic E-state index is 0.345. The zero-order valence-electron chi connectivity index (χ0n) is 10.2. The molecule has 0 amide bonds. The van der Waals surface area contributed by atoms with Crippen LogP contribution in [0.2, 0.25) is 0 Å². The highest BCUT2D eigenvalue weighted by atomic mass is 16.7. The summed E-state index contributed by atoms with van der Waals surface area (Å²) in [5.41, 5.74) is 5.82. The van der Waals surface area contributed by atoms with E-state index in [1.54, 1.807) is 0 Å². The zero-order chi connectivity index (χ0) is 11.4. The number of rotatable bonds is 4. The van der Waals surface area contributed by atoms with Crippen molar-refractivity contribution >= 4 is 0 Å². The molecular formula is C12H24N2O2. The first kappa shape index (κ1) is 12.3. The number of ether oxygens (including phenoxy) is 2. The van der Waals surface area contributed by atoms with Gasteiger partial charge >= 0.3 is 0 Å². The van der Waals surface area contributed by atoms with Gasteiger partial charge in [-0.2, -0.15) is 0 Å². The minimum absolute atomic E-state index is 0.345. The normalized spacial score (nSPS) is 35.8. The summed E-state index contributed by atoms with van der Waals surface area (Å²) in [4.78, 5) is 2.44. The fourth-order valence-corrected chi connectivity index (χ4v) is 2.97. The number of likely N-dealkylation sites (N-methyl/N-ethyl adjacent to an activating group) is 1. The van der Waals surface area contributed by atoms with Crippen molar-refractivity contribution in [3.63, 3.8) is 0 Å². The van der Waals surface area contributed by atoms with Gasteiger partial charge in [0.2, 0.25) is 0 Å². The Bertz CT molecular complexity index is 207. The number of nitrogens with two attached hydrogens (primary N) is 1. The van der Waals surface area contributed by atoms with E-state index in [0.29, 0.717) is 24.9 Å². The molecule has 2 rings (SSSR count). The van der Waals surface area contributed by atoms with Crippen molar-refractivity contribution in [3.05, 3.63) is 0 Å². The molecule has 2 fully saturated rings. The lowest BCUT2D eigenvalue weighted by Gasteiger charge is -2.33. The number of hydrogen-bond donors (Lipinski definition) is 1. The van der Waals surface area contributed by atoms with Gasteiger partial charge < -0.3 is 20.1 Å². The van der Waals surface area contributed by atoms with E-state index in [1.807, 2.05) is 0 Å². The van der Waals surface area contributed by atoms with Crippen LogP contribution < -0.4 is 5.73 Å². The van der Waals surface area contributed by atoms with Crippen molar-refractivity contribution in [2.75, 3.05) is 33.5 Å². The molecule has 2 aliphatic rings. The van der Waals surface area contributed by atoms with Gasteiger partial charge in [-0.25, -0.2) is 0 Å². The van der Waals surface area contributed by atoms with Crippen LogP contribution in [0.4, 0.5) is 0 Å². The van der Waals surface area contributed by atoms with Crippen molar-refractivity contribution in [3.8, 4) is 0 Å². The second kappa shape index (κ2) is 5.96. The van der Waals surface area contributed by atoms with Gasteiger partial charge in [0, 0.05) is 12.6 Å². The molecule has 2 N–H and O–H groups in total. The Labute approximate surface area is 98.1 Å². The van der Waals surface area contributed by atoms with Gasteiger partial charge in [0.25, 0.3) is 0 Å². The Hall–Kier alpha value is -0.160. The highest BCUT2D eigenvalue weighted by Gasteiger charge is 2.30. The Morgan fingerprint density at radius 3 is 2.88 bits per heavy atom. The fourth-order valence-electron chi connectivity index (χ4n) is 2.97. The molecule has 0 radical (unpaired) electrons. The van der Waals surface area contributed by atoms with Crippen LogP contribution >= 0.6 is 0 Å². The third-order valence-corrected chi connectivity index (χ3v) is 3.95. The van der Waals surface area contributed by atoms with Gasteiger partial charge in [-0.05, 0) is 38.8 Å². The van der Waals surface area contributed by atoms with E-state index in [-0.39, 0.29) is 0 Å². The lowest BCUT2D eigenvalue weighted by Crippen LogP contribution is -2.43.